The van der Waals surface area contributed by atoms with Gasteiger partial charge in [-0.1, -0.05) is 23.7 Å². The van der Waals surface area contributed by atoms with Crippen molar-refractivity contribution < 1.29 is 24.0 Å². The second-order valence-corrected chi connectivity index (χ2v) is 6.10. The molecular weight excluding hydrogens is 340 g/mol. The van der Waals surface area contributed by atoms with Gasteiger partial charge in [0.2, 0.25) is 0 Å². The van der Waals surface area contributed by atoms with E-state index in [4.69, 9.17) is 16.3 Å². The Morgan fingerprint density at radius 3 is 2.58 bits per heavy atom. The molecule has 1 rings (SSSR count). The number of nitrogens with zero attached hydrogens (tertiary/aromatic N) is 1. The van der Waals surface area contributed by atoms with Gasteiger partial charge in [-0.15, -0.1) is 0 Å². The molecule has 0 aliphatic rings. The molecule has 1 atom stereocenters. The van der Waals surface area contributed by atoms with Gasteiger partial charge in [0.05, 0.1) is 17.4 Å². The molecule has 0 heterocycles. The lowest BCUT2D eigenvalue weighted by molar-refractivity contribution is -0.384. The fraction of sp³-hybridized carbons (Fsp3) is 0.467. The Morgan fingerprint density at radius 2 is 2.04 bits per heavy atom. The normalized spacial score (nSPS) is 12.2. The number of benzene rings is 1. The molecule has 1 amide bonds. The number of esters is 1. The van der Waals surface area contributed by atoms with Crippen LogP contribution in [0.15, 0.2) is 24.3 Å². The number of carbonyl (C=O) groups is 2. The van der Waals surface area contributed by atoms with Crippen LogP contribution in [-0.4, -0.2) is 28.7 Å². The van der Waals surface area contributed by atoms with Gasteiger partial charge in [0.25, 0.3) is 5.69 Å². The molecule has 8 nitrogen and oxygen atoms in total. The Kier molecular flexibility index (Phi) is 6.97. The Balaban J connectivity index is 3.00. The standard InChI is InChI=1S/C15H19ClN2O6/c1-15(2,3)24-14(20)17-12(8-13(19)23-9-16)10-5-4-6-11(7-10)18(21)22/h4-7,12H,8-9H2,1-3H3,(H,17,20)/t12-/m0/s1. The number of nitro groups is 1. The van der Waals surface area contributed by atoms with Crippen molar-refractivity contribution in [1.29, 1.82) is 0 Å². The summed E-state index contributed by atoms with van der Waals surface area (Å²) in [5.41, 5.74) is -0.510. The second kappa shape index (κ2) is 8.49. The molecule has 0 saturated carbocycles. The lowest BCUT2D eigenvalue weighted by Gasteiger charge is -2.23. The third-order valence-corrected chi connectivity index (χ3v) is 2.87. The zero-order chi connectivity index (χ0) is 18.3. The summed E-state index contributed by atoms with van der Waals surface area (Å²) >= 11 is 5.34. The number of rotatable bonds is 6. The van der Waals surface area contributed by atoms with Gasteiger partial charge in [0.15, 0.2) is 6.07 Å². The second-order valence-electron chi connectivity index (χ2n) is 5.88. The van der Waals surface area contributed by atoms with Crippen molar-refractivity contribution in [2.75, 3.05) is 6.07 Å². The molecule has 0 spiro atoms. The van der Waals surface area contributed by atoms with Crippen LogP contribution in [-0.2, 0) is 14.3 Å². The minimum atomic E-state index is -0.851. The van der Waals surface area contributed by atoms with Crippen molar-refractivity contribution in [3.05, 3.63) is 39.9 Å². The van der Waals surface area contributed by atoms with Gasteiger partial charge in [0, 0.05) is 12.1 Å². The van der Waals surface area contributed by atoms with E-state index >= 15 is 0 Å². The SMILES string of the molecule is CC(C)(C)OC(=O)N[C@@H](CC(=O)OCCl)c1cccc([N+](=O)[O-])c1. The molecule has 0 fully saturated rings. The topological polar surface area (TPSA) is 108 Å². The van der Waals surface area contributed by atoms with Crippen LogP contribution in [0.1, 0.15) is 38.8 Å². The van der Waals surface area contributed by atoms with E-state index in [1.165, 1.54) is 18.2 Å². The van der Waals surface area contributed by atoms with Gasteiger partial charge in [-0.3, -0.25) is 14.9 Å². The Labute approximate surface area is 144 Å². The van der Waals surface area contributed by atoms with Crippen LogP contribution in [0.3, 0.4) is 0 Å². The van der Waals surface area contributed by atoms with Gasteiger partial charge in [-0.05, 0) is 26.3 Å². The number of hydrogen-bond acceptors (Lipinski definition) is 6. The van der Waals surface area contributed by atoms with Crippen molar-refractivity contribution >= 4 is 29.4 Å². The quantitative estimate of drug-likeness (QED) is 0.362. The number of amides is 1. The van der Waals surface area contributed by atoms with Gasteiger partial charge in [0.1, 0.15) is 5.60 Å². The van der Waals surface area contributed by atoms with E-state index in [1.54, 1.807) is 26.8 Å². The van der Waals surface area contributed by atoms with Crippen molar-refractivity contribution in [3.8, 4) is 0 Å². The van der Waals surface area contributed by atoms with Gasteiger partial charge >= 0.3 is 12.1 Å². The molecule has 24 heavy (non-hydrogen) atoms. The summed E-state index contributed by atoms with van der Waals surface area (Å²) in [6, 6.07) is 4.43. The fourth-order valence-corrected chi connectivity index (χ4v) is 1.97. The van der Waals surface area contributed by atoms with Gasteiger partial charge in [-0.2, -0.15) is 0 Å². The lowest BCUT2D eigenvalue weighted by Crippen LogP contribution is -2.36. The van der Waals surface area contributed by atoms with Crippen LogP contribution in [0.2, 0.25) is 0 Å². The van der Waals surface area contributed by atoms with Crippen molar-refractivity contribution in [3.63, 3.8) is 0 Å². The number of alkyl carbamates (subject to hydrolysis) is 1. The van der Waals surface area contributed by atoms with E-state index in [0.29, 0.717) is 5.56 Å². The third-order valence-electron chi connectivity index (χ3n) is 2.76. The highest BCUT2D eigenvalue weighted by Gasteiger charge is 2.24. The summed E-state index contributed by atoms with van der Waals surface area (Å²) in [4.78, 5) is 34.0. The zero-order valence-electron chi connectivity index (χ0n) is 13.6. The zero-order valence-corrected chi connectivity index (χ0v) is 14.3. The first-order valence-electron chi connectivity index (χ1n) is 7.08. The van der Waals surface area contributed by atoms with Crippen LogP contribution >= 0.6 is 11.6 Å². The monoisotopic (exact) mass is 358 g/mol. The van der Waals surface area contributed by atoms with Crippen molar-refractivity contribution in [2.45, 2.75) is 38.8 Å². The first-order chi connectivity index (χ1) is 11.1. The number of hydrogen-bond donors (Lipinski definition) is 1. The van der Waals surface area contributed by atoms with E-state index in [-0.39, 0.29) is 18.2 Å². The summed E-state index contributed by atoms with van der Waals surface area (Å²) in [6.45, 7) is 5.07. The summed E-state index contributed by atoms with van der Waals surface area (Å²) < 4.78 is 9.80. The maximum Gasteiger partial charge on any atom is 0.408 e. The Morgan fingerprint density at radius 1 is 1.38 bits per heavy atom. The third kappa shape index (κ3) is 6.82. The number of carbonyl (C=O) groups excluding carboxylic acids is 2. The molecule has 0 unspecified atom stereocenters. The highest BCUT2D eigenvalue weighted by molar-refractivity contribution is 6.17. The summed E-state index contributed by atoms with van der Waals surface area (Å²) in [5, 5.41) is 13.4. The van der Waals surface area contributed by atoms with E-state index < -0.39 is 28.6 Å². The van der Waals surface area contributed by atoms with E-state index in [1.807, 2.05) is 0 Å². The smallest absolute Gasteiger partial charge is 0.408 e. The van der Waals surface area contributed by atoms with Crippen LogP contribution in [0.4, 0.5) is 10.5 Å². The number of halogens is 1. The summed E-state index contributed by atoms with van der Waals surface area (Å²) in [5.74, 6) is -0.655. The van der Waals surface area contributed by atoms with Gasteiger partial charge < -0.3 is 14.8 Å². The number of alkyl halides is 1. The van der Waals surface area contributed by atoms with E-state index in [2.05, 4.69) is 10.1 Å². The number of non-ortho nitro benzene ring substituents is 1. The summed E-state index contributed by atoms with van der Waals surface area (Å²) in [7, 11) is 0. The average Bonchev–Trinajstić information content (AvgIpc) is 2.45. The molecule has 1 N–H and O–H groups in total. The Bertz CT molecular complexity index is 614. The molecule has 1 aromatic rings. The van der Waals surface area contributed by atoms with Gasteiger partial charge in [-0.25, -0.2) is 4.79 Å². The molecule has 0 aromatic heterocycles. The van der Waals surface area contributed by atoms with Crippen molar-refractivity contribution in [2.24, 2.45) is 0 Å². The molecule has 0 saturated heterocycles. The first kappa shape index (κ1) is 19.7. The maximum absolute atomic E-state index is 12.0. The van der Waals surface area contributed by atoms with Crippen LogP contribution in [0.5, 0.6) is 0 Å². The highest BCUT2D eigenvalue weighted by Crippen LogP contribution is 2.23. The minimum Gasteiger partial charge on any atom is -0.449 e. The van der Waals surface area contributed by atoms with E-state index in [9.17, 15) is 19.7 Å². The Hall–Kier alpha value is -2.35. The first-order valence-corrected chi connectivity index (χ1v) is 7.61. The number of nitro benzene ring substituents is 1. The minimum absolute atomic E-state index is 0.158. The van der Waals surface area contributed by atoms with Crippen LogP contribution < -0.4 is 5.32 Å². The average molecular weight is 359 g/mol. The molecule has 1 aromatic carbocycles. The van der Waals surface area contributed by atoms with E-state index in [0.717, 1.165) is 0 Å². The summed E-state index contributed by atoms with van der Waals surface area (Å²) in [6.07, 6.45) is -0.995. The molecular formula is C15H19ClN2O6. The molecule has 0 aliphatic heterocycles. The number of ether oxygens (including phenoxy) is 2. The maximum atomic E-state index is 12.0. The fourth-order valence-electron chi connectivity index (χ4n) is 1.84. The highest BCUT2D eigenvalue weighted by atomic mass is 35.5. The predicted molar refractivity (Wildman–Crippen MR) is 86.6 cm³/mol. The predicted octanol–water partition coefficient (Wildman–Crippen LogP) is 3.29. The molecule has 0 radical (unpaired) electrons. The molecule has 0 aliphatic carbocycles. The largest absolute Gasteiger partial charge is 0.449 e. The van der Waals surface area contributed by atoms with Crippen molar-refractivity contribution in [1.82, 2.24) is 5.32 Å². The molecule has 132 valence electrons. The molecule has 0 bridgehead atoms. The number of nitrogens with one attached hydrogen (secondary N) is 1. The lowest BCUT2D eigenvalue weighted by atomic mass is 10.0. The molecule has 9 heteroatoms. The van der Waals surface area contributed by atoms with Crippen LogP contribution in [0, 0.1) is 10.1 Å². The van der Waals surface area contributed by atoms with Crippen LogP contribution in [0.25, 0.3) is 0 Å².